The Morgan fingerprint density at radius 2 is 2.08 bits per heavy atom. The lowest BCUT2D eigenvalue weighted by Crippen LogP contribution is -2.34. The van der Waals surface area contributed by atoms with Crippen LogP contribution >= 0.6 is 0 Å². The van der Waals surface area contributed by atoms with Crippen molar-refractivity contribution in [2.75, 3.05) is 32.1 Å². The van der Waals surface area contributed by atoms with Gasteiger partial charge in [-0.25, -0.2) is 4.98 Å². The van der Waals surface area contributed by atoms with E-state index >= 15 is 0 Å². The summed E-state index contributed by atoms with van der Waals surface area (Å²) in [6.07, 6.45) is 7.13. The Bertz CT molecular complexity index is 1390. The van der Waals surface area contributed by atoms with Crippen LogP contribution in [0.5, 0.6) is 5.75 Å². The van der Waals surface area contributed by atoms with E-state index in [0.717, 1.165) is 47.0 Å². The van der Waals surface area contributed by atoms with E-state index in [-0.39, 0.29) is 5.91 Å². The quantitative estimate of drug-likeness (QED) is 0.489. The van der Waals surface area contributed by atoms with Gasteiger partial charge in [-0.1, -0.05) is 6.08 Å². The summed E-state index contributed by atoms with van der Waals surface area (Å²) in [5, 5.41) is 3.39. The Balaban J connectivity index is 1.28. The minimum absolute atomic E-state index is 0.0949. The first-order valence-electron chi connectivity index (χ1n) is 12.0. The standard InChI is InChI=1S/C28H28N4O4/c1-4-32-12-5-6-23-27(32)30-26-22(28(34)31(23)3)15-19(16-29-26)11-13-35-24-9-7-20(14-18(24)2)25-10-8-21(17-33)36-25/h5-10,14-17H,4,11-13H2,1-3H3,(H,29,30). The number of anilines is 1. The van der Waals surface area contributed by atoms with Crippen LogP contribution in [-0.2, 0) is 6.42 Å². The van der Waals surface area contributed by atoms with Crippen LogP contribution in [0.1, 0.15) is 39.0 Å². The van der Waals surface area contributed by atoms with Gasteiger partial charge >= 0.3 is 0 Å². The number of pyridine rings is 1. The van der Waals surface area contributed by atoms with Gasteiger partial charge in [0.2, 0.25) is 0 Å². The van der Waals surface area contributed by atoms with Crippen LogP contribution < -0.4 is 10.1 Å². The predicted molar refractivity (Wildman–Crippen MR) is 137 cm³/mol. The van der Waals surface area contributed by atoms with Gasteiger partial charge in [-0.2, -0.15) is 0 Å². The van der Waals surface area contributed by atoms with E-state index in [0.29, 0.717) is 42.2 Å². The highest BCUT2D eigenvalue weighted by atomic mass is 16.5. The Morgan fingerprint density at radius 3 is 2.83 bits per heavy atom. The molecule has 0 fully saturated rings. The highest BCUT2D eigenvalue weighted by Crippen LogP contribution is 2.30. The number of carbonyl (C=O) groups excluding carboxylic acids is 2. The molecule has 184 valence electrons. The highest BCUT2D eigenvalue weighted by Gasteiger charge is 2.29. The van der Waals surface area contributed by atoms with Gasteiger partial charge in [0.1, 0.15) is 23.1 Å². The van der Waals surface area contributed by atoms with Gasteiger partial charge in [0.05, 0.1) is 17.9 Å². The zero-order valence-electron chi connectivity index (χ0n) is 20.6. The zero-order valence-corrected chi connectivity index (χ0v) is 20.6. The van der Waals surface area contributed by atoms with Crippen LogP contribution in [0, 0.1) is 6.92 Å². The number of aldehydes is 1. The van der Waals surface area contributed by atoms with Crippen LogP contribution in [0.2, 0.25) is 0 Å². The number of allylic oxidation sites excluding steroid dienone is 1. The van der Waals surface area contributed by atoms with Gasteiger partial charge in [-0.15, -0.1) is 0 Å². The molecule has 1 N–H and O–H groups in total. The second-order valence-electron chi connectivity index (χ2n) is 8.80. The number of fused-ring (bicyclic) bond motifs is 1. The van der Waals surface area contributed by atoms with Crippen molar-refractivity contribution >= 4 is 18.0 Å². The van der Waals surface area contributed by atoms with Gasteiger partial charge in [0, 0.05) is 38.3 Å². The van der Waals surface area contributed by atoms with Crippen molar-refractivity contribution in [1.29, 1.82) is 0 Å². The molecule has 1 amide bonds. The van der Waals surface area contributed by atoms with Crippen molar-refractivity contribution in [2.24, 2.45) is 0 Å². The number of hydrogen-bond acceptors (Lipinski definition) is 7. The number of furan rings is 1. The topological polar surface area (TPSA) is 87.9 Å². The molecule has 0 aliphatic carbocycles. The SMILES string of the molecule is CCN1CC=CC2=C1Nc1ncc(CCOc3ccc(-c4ccc(C=O)o4)cc3C)cc1C(=O)N2C. The Morgan fingerprint density at radius 1 is 1.22 bits per heavy atom. The number of nitrogens with zero attached hydrogens (tertiary/aromatic N) is 3. The molecule has 1 aromatic carbocycles. The van der Waals surface area contributed by atoms with Gasteiger partial charge in [0.15, 0.2) is 12.0 Å². The number of aromatic nitrogens is 1. The molecular weight excluding hydrogens is 456 g/mol. The summed E-state index contributed by atoms with van der Waals surface area (Å²) >= 11 is 0. The smallest absolute Gasteiger partial charge is 0.261 e. The molecular formula is C28H28N4O4. The average Bonchev–Trinajstić information content (AvgIpc) is 3.35. The fourth-order valence-corrected chi connectivity index (χ4v) is 4.45. The van der Waals surface area contributed by atoms with Crippen molar-refractivity contribution in [3.63, 3.8) is 0 Å². The second kappa shape index (κ2) is 9.73. The van der Waals surface area contributed by atoms with Crippen LogP contribution in [-0.4, -0.2) is 53.7 Å². The molecule has 2 aliphatic heterocycles. The summed E-state index contributed by atoms with van der Waals surface area (Å²) in [4.78, 5) is 32.6. The predicted octanol–water partition coefficient (Wildman–Crippen LogP) is 4.64. The maximum absolute atomic E-state index is 13.2. The molecule has 0 unspecified atom stereocenters. The molecule has 3 aromatic rings. The van der Waals surface area contributed by atoms with Crippen molar-refractivity contribution in [3.8, 4) is 17.1 Å². The number of ether oxygens (including phenoxy) is 1. The lowest BCUT2D eigenvalue weighted by Gasteiger charge is -2.31. The molecule has 0 saturated carbocycles. The molecule has 8 nitrogen and oxygen atoms in total. The number of rotatable bonds is 7. The fraction of sp³-hybridized carbons (Fsp3) is 0.250. The lowest BCUT2D eigenvalue weighted by molar-refractivity contribution is 0.0838. The first-order valence-corrected chi connectivity index (χ1v) is 12.0. The second-order valence-corrected chi connectivity index (χ2v) is 8.80. The average molecular weight is 485 g/mol. The Labute approximate surface area is 209 Å². The molecule has 36 heavy (non-hydrogen) atoms. The van der Waals surface area contributed by atoms with Crippen molar-refractivity contribution in [3.05, 3.63) is 88.7 Å². The van der Waals surface area contributed by atoms with Crippen LogP contribution in [0.3, 0.4) is 0 Å². The summed E-state index contributed by atoms with van der Waals surface area (Å²) < 4.78 is 11.5. The molecule has 2 aliphatic rings. The molecule has 8 heteroatoms. The fourth-order valence-electron chi connectivity index (χ4n) is 4.45. The van der Waals surface area contributed by atoms with Gasteiger partial charge in [-0.3, -0.25) is 9.59 Å². The molecule has 4 heterocycles. The van der Waals surface area contributed by atoms with Gasteiger partial charge in [-0.05, 0) is 67.4 Å². The molecule has 0 spiro atoms. The van der Waals surface area contributed by atoms with E-state index in [2.05, 4.69) is 28.2 Å². The molecule has 2 aromatic heterocycles. The molecule has 0 bridgehead atoms. The molecule has 0 saturated heterocycles. The first-order chi connectivity index (χ1) is 17.5. The van der Waals surface area contributed by atoms with Crippen molar-refractivity contribution < 1.29 is 18.7 Å². The third-order valence-electron chi connectivity index (χ3n) is 6.47. The monoisotopic (exact) mass is 484 g/mol. The van der Waals surface area contributed by atoms with E-state index < -0.39 is 0 Å². The Hall–Kier alpha value is -4.33. The minimum atomic E-state index is -0.0949. The highest BCUT2D eigenvalue weighted by molar-refractivity contribution is 6.01. The molecule has 0 atom stereocenters. The summed E-state index contributed by atoms with van der Waals surface area (Å²) in [6, 6.07) is 11.1. The normalized spacial score (nSPS) is 14.8. The summed E-state index contributed by atoms with van der Waals surface area (Å²) in [7, 11) is 1.79. The number of benzene rings is 1. The zero-order chi connectivity index (χ0) is 25.2. The minimum Gasteiger partial charge on any atom is -0.493 e. The maximum Gasteiger partial charge on any atom is 0.261 e. The van der Waals surface area contributed by atoms with Crippen LogP contribution in [0.15, 0.2) is 70.7 Å². The van der Waals surface area contributed by atoms with Crippen molar-refractivity contribution in [1.82, 2.24) is 14.8 Å². The first kappa shape index (κ1) is 23.4. The van der Waals surface area contributed by atoms with Gasteiger partial charge in [0.25, 0.3) is 5.91 Å². The van der Waals surface area contributed by atoms with Crippen LogP contribution in [0.4, 0.5) is 5.82 Å². The summed E-state index contributed by atoms with van der Waals surface area (Å²) in [5.41, 5.74) is 4.15. The number of hydrogen-bond donors (Lipinski definition) is 1. The number of amides is 1. The summed E-state index contributed by atoms with van der Waals surface area (Å²) in [5.74, 6) is 3.07. The van der Waals surface area contributed by atoms with E-state index in [1.54, 1.807) is 30.3 Å². The third kappa shape index (κ3) is 4.37. The van der Waals surface area contributed by atoms with E-state index in [1.807, 2.05) is 37.3 Å². The molecule has 5 rings (SSSR count). The summed E-state index contributed by atoms with van der Waals surface area (Å²) in [6.45, 7) is 6.11. The number of nitrogens with one attached hydrogen (secondary N) is 1. The molecule has 0 radical (unpaired) electrons. The van der Waals surface area contributed by atoms with E-state index in [1.165, 1.54) is 0 Å². The number of carbonyl (C=O) groups is 2. The number of aryl methyl sites for hydroxylation is 1. The van der Waals surface area contributed by atoms with E-state index in [4.69, 9.17) is 9.15 Å². The largest absolute Gasteiger partial charge is 0.493 e. The van der Waals surface area contributed by atoms with Gasteiger partial charge < -0.3 is 24.3 Å². The third-order valence-corrected chi connectivity index (χ3v) is 6.47. The van der Waals surface area contributed by atoms with Crippen molar-refractivity contribution in [2.45, 2.75) is 20.3 Å². The van der Waals surface area contributed by atoms with Crippen LogP contribution in [0.25, 0.3) is 11.3 Å². The van der Waals surface area contributed by atoms with E-state index in [9.17, 15) is 9.59 Å². The lowest BCUT2D eigenvalue weighted by atomic mass is 10.1. The Kier molecular flexibility index (Phi) is 6.33. The maximum atomic E-state index is 13.2. The number of likely N-dealkylation sites (N-methyl/N-ethyl adjacent to an activating group) is 2.